The Morgan fingerprint density at radius 2 is 1.31 bits per heavy atom. The number of hydrogen-bond acceptors (Lipinski definition) is 10. The first-order chi connectivity index (χ1) is 22.9. The van der Waals surface area contributed by atoms with Gasteiger partial charge in [-0.3, -0.25) is 19.2 Å². The number of unbranched alkanes of at least 4 members (excludes halogenated alkanes) is 3. The summed E-state index contributed by atoms with van der Waals surface area (Å²) >= 11 is 3.85. The van der Waals surface area contributed by atoms with Crippen LogP contribution in [0.25, 0.3) is 11.1 Å². The largest absolute Gasteiger partial charge is 0.457 e. The van der Waals surface area contributed by atoms with Gasteiger partial charge in [-0.05, 0) is 48.2 Å². The van der Waals surface area contributed by atoms with E-state index in [1.54, 1.807) is 36.4 Å². The number of esters is 1. The molecule has 0 saturated carbocycles. The summed E-state index contributed by atoms with van der Waals surface area (Å²) in [7, 11) is -3.35. The lowest BCUT2D eigenvalue weighted by Gasteiger charge is -2.11. The Morgan fingerprint density at radius 3 is 1.94 bits per heavy atom. The van der Waals surface area contributed by atoms with Crippen LogP contribution in [-0.4, -0.2) is 89.4 Å². The van der Waals surface area contributed by atoms with Crippen molar-refractivity contribution < 1.29 is 37.1 Å². The number of cyclic esters (lactones) is 1. The molecule has 0 atom stereocenters. The summed E-state index contributed by atoms with van der Waals surface area (Å²) in [5, 5.41) is 13.5. The van der Waals surface area contributed by atoms with Crippen LogP contribution in [0.5, 0.6) is 0 Å². The van der Waals surface area contributed by atoms with Crippen molar-refractivity contribution in [2.45, 2.75) is 30.6 Å². The second-order valence-corrected chi connectivity index (χ2v) is 13.3. The molecule has 0 unspecified atom stereocenters. The van der Waals surface area contributed by atoms with E-state index in [4.69, 9.17) is 4.74 Å². The zero-order valence-electron chi connectivity index (χ0n) is 26.7. The molecule has 15 heteroatoms. The van der Waals surface area contributed by atoms with Crippen LogP contribution < -0.4 is 26.6 Å². The third kappa shape index (κ3) is 12.2. The van der Waals surface area contributed by atoms with Gasteiger partial charge in [-0.1, -0.05) is 43.7 Å². The van der Waals surface area contributed by atoms with E-state index in [0.29, 0.717) is 46.6 Å². The van der Waals surface area contributed by atoms with Crippen LogP contribution >= 0.6 is 12.6 Å². The number of carbonyl (C=O) groups is 5. The van der Waals surface area contributed by atoms with Crippen LogP contribution in [0.3, 0.4) is 0 Å². The number of carbonyl (C=O) groups excluding carboxylic acids is 5. The molecule has 1 aliphatic heterocycles. The first-order valence-corrected chi connectivity index (χ1v) is 17.8. The molecule has 3 rings (SSSR count). The summed E-state index contributed by atoms with van der Waals surface area (Å²) in [6.07, 6.45) is 4.32. The molecule has 0 saturated heterocycles. The second-order valence-electron chi connectivity index (χ2n) is 11.0. The Hall–Kier alpha value is -4.63. The molecule has 1 aliphatic rings. The van der Waals surface area contributed by atoms with Crippen LogP contribution in [-0.2, 0) is 33.8 Å². The molecular weight excluding hydrogens is 659 g/mol. The molecular formula is C33H41N5O8S2. The number of nitrogens with one attached hydrogen (secondary N) is 5. The quantitative estimate of drug-likeness (QED) is 0.0712. The smallest absolute Gasteiger partial charge is 0.339 e. The number of amides is 4. The van der Waals surface area contributed by atoms with E-state index in [1.807, 2.05) is 0 Å². The Bertz CT molecular complexity index is 1640. The van der Waals surface area contributed by atoms with Crippen LogP contribution in [0.2, 0.25) is 0 Å². The van der Waals surface area contributed by atoms with E-state index in [1.165, 1.54) is 12.1 Å². The molecule has 0 aliphatic carbocycles. The molecule has 258 valence electrons. The van der Waals surface area contributed by atoms with E-state index >= 15 is 0 Å². The fourth-order valence-corrected chi connectivity index (χ4v) is 5.33. The molecule has 48 heavy (non-hydrogen) atoms. The molecule has 4 amide bonds. The number of benzene rings is 2. The Kier molecular flexibility index (Phi) is 14.7. The van der Waals surface area contributed by atoms with Crippen LogP contribution in [0.4, 0.5) is 0 Å². The summed E-state index contributed by atoms with van der Waals surface area (Å²) in [4.78, 5) is 60.4. The predicted octanol–water partition coefficient (Wildman–Crippen LogP) is 1.23. The number of sulfone groups is 1. The van der Waals surface area contributed by atoms with Crippen molar-refractivity contribution in [3.05, 3.63) is 77.5 Å². The lowest BCUT2D eigenvalue weighted by Crippen LogP contribution is -2.41. The minimum absolute atomic E-state index is 0.0552. The fraction of sp³-hybridized carbons (Fsp3) is 0.364. The monoisotopic (exact) mass is 699 g/mol. The predicted molar refractivity (Wildman–Crippen MR) is 185 cm³/mol. The van der Waals surface area contributed by atoms with Gasteiger partial charge in [0.1, 0.15) is 6.61 Å². The molecule has 5 N–H and O–H groups in total. The van der Waals surface area contributed by atoms with Crippen LogP contribution in [0.15, 0.2) is 65.7 Å². The van der Waals surface area contributed by atoms with Gasteiger partial charge >= 0.3 is 5.97 Å². The normalized spacial score (nSPS) is 12.6. The first kappa shape index (κ1) is 37.8. The molecule has 0 spiro atoms. The van der Waals surface area contributed by atoms with E-state index < -0.39 is 15.8 Å². The summed E-state index contributed by atoms with van der Waals surface area (Å²) in [6.45, 7) is 4.65. The number of thiol groups is 1. The maximum atomic E-state index is 12.6. The highest BCUT2D eigenvalue weighted by molar-refractivity contribution is 7.90. The lowest BCUT2D eigenvalue weighted by molar-refractivity contribution is -0.134. The molecule has 13 nitrogen and oxygen atoms in total. The van der Waals surface area contributed by atoms with Crippen molar-refractivity contribution in [1.82, 2.24) is 26.6 Å². The zero-order chi connectivity index (χ0) is 35.1. The van der Waals surface area contributed by atoms with Gasteiger partial charge in [-0.2, -0.15) is 12.6 Å². The minimum Gasteiger partial charge on any atom is -0.457 e. The average molecular weight is 700 g/mol. The lowest BCUT2D eigenvalue weighted by atomic mass is 9.96. The van der Waals surface area contributed by atoms with Crippen molar-refractivity contribution in [3.8, 4) is 0 Å². The van der Waals surface area contributed by atoms with E-state index in [-0.39, 0.29) is 60.5 Å². The third-order valence-electron chi connectivity index (χ3n) is 7.22. The topological polar surface area (TPSA) is 189 Å². The van der Waals surface area contributed by atoms with Crippen molar-refractivity contribution in [2.24, 2.45) is 0 Å². The Balaban J connectivity index is 1.31. The molecule has 0 radical (unpaired) electrons. The molecule has 2 aromatic carbocycles. The van der Waals surface area contributed by atoms with Gasteiger partial charge in [0, 0.05) is 36.2 Å². The van der Waals surface area contributed by atoms with Crippen molar-refractivity contribution in [3.63, 3.8) is 0 Å². The van der Waals surface area contributed by atoms with E-state index in [2.05, 4.69) is 45.8 Å². The highest BCUT2D eigenvalue weighted by Gasteiger charge is 2.27. The Labute approximate surface area is 285 Å². The van der Waals surface area contributed by atoms with Gasteiger partial charge in [-0.15, -0.1) is 0 Å². The van der Waals surface area contributed by atoms with Crippen molar-refractivity contribution in [1.29, 1.82) is 0 Å². The number of ether oxygens (including phenoxy) is 1. The van der Waals surface area contributed by atoms with Gasteiger partial charge in [-0.25, -0.2) is 13.2 Å². The second kappa shape index (κ2) is 18.6. The number of rotatable bonds is 19. The van der Waals surface area contributed by atoms with Gasteiger partial charge in [0.25, 0.3) is 5.91 Å². The Morgan fingerprint density at radius 1 is 0.750 bits per heavy atom. The highest BCUT2D eigenvalue weighted by Crippen LogP contribution is 2.33. The SMILES string of the molecule is C=C(CNC(=O)CS)NCC(=O)NCC(=O)NCCCCCCNC(=O)c1ccc(C2=C(c3ccc(S(C)(=O)=O)cc3)COC2=O)cc1. The van der Waals surface area contributed by atoms with Gasteiger partial charge in [0.15, 0.2) is 9.84 Å². The maximum Gasteiger partial charge on any atom is 0.339 e. The first-order valence-electron chi connectivity index (χ1n) is 15.3. The highest BCUT2D eigenvalue weighted by atomic mass is 32.2. The van der Waals surface area contributed by atoms with Crippen LogP contribution in [0.1, 0.15) is 47.2 Å². The molecule has 1 heterocycles. The zero-order valence-corrected chi connectivity index (χ0v) is 28.4. The fourth-order valence-electron chi connectivity index (χ4n) is 4.58. The van der Waals surface area contributed by atoms with Gasteiger partial charge < -0.3 is 31.3 Å². The van der Waals surface area contributed by atoms with Crippen molar-refractivity contribution in [2.75, 3.05) is 51.3 Å². The summed E-state index contributed by atoms with van der Waals surface area (Å²) in [5.74, 6) is -1.61. The standard InChI is InChI=1S/C33H41N5O8S2/c1-22(17-37-30(41)21-47)36-18-29(40)38-19-28(39)34-15-5-3-4-6-16-35-32(42)25-9-7-24(8-10-25)31-27(20-46-33(31)43)23-11-13-26(14-12-23)48(2,44)45/h7-14,36,47H,1,3-6,15-21H2,2H3,(H,34,39)(H,35,42)(H,37,41)(H,38,40). The molecule has 0 aromatic heterocycles. The molecule has 2 aromatic rings. The summed E-state index contributed by atoms with van der Waals surface area (Å²) in [6, 6.07) is 12.9. The van der Waals surface area contributed by atoms with E-state index in [0.717, 1.165) is 31.9 Å². The third-order valence-corrected chi connectivity index (χ3v) is 8.63. The number of hydrogen-bond donors (Lipinski definition) is 6. The maximum absolute atomic E-state index is 12.6. The summed E-state index contributed by atoms with van der Waals surface area (Å²) < 4.78 is 28.8. The van der Waals surface area contributed by atoms with Gasteiger partial charge in [0.2, 0.25) is 17.7 Å². The van der Waals surface area contributed by atoms with Crippen molar-refractivity contribution >= 4 is 63.2 Å². The molecule has 0 bridgehead atoms. The van der Waals surface area contributed by atoms with E-state index in [9.17, 15) is 32.4 Å². The van der Waals surface area contributed by atoms with Gasteiger partial charge in [0.05, 0.1) is 35.9 Å². The average Bonchev–Trinajstić information content (AvgIpc) is 3.46. The molecule has 0 fully saturated rings. The minimum atomic E-state index is -3.35. The van der Waals surface area contributed by atoms with Crippen LogP contribution in [0, 0.1) is 0 Å². The summed E-state index contributed by atoms with van der Waals surface area (Å²) in [5.41, 5.74) is 3.19.